The van der Waals surface area contributed by atoms with E-state index in [0.717, 1.165) is 65.8 Å². The third kappa shape index (κ3) is 12.7. The van der Waals surface area contributed by atoms with Gasteiger partial charge in [0, 0.05) is 32.3 Å². The number of benzene rings is 29. The summed E-state index contributed by atoms with van der Waals surface area (Å²) in [6, 6.07) is 182. The van der Waals surface area contributed by atoms with Crippen molar-refractivity contribution in [3.63, 3.8) is 0 Å². The number of hydrogen-bond donors (Lipinski definition) is 0. The van der Waals surface area contributed by atoms with Crippen molar-refractivity contribution in [3.05, 3.63) is 497 Å². The molecule has 32 aromatic rings. The molecular weight excluding hydrogens is 1730 g/mol. The zero-order chi connectivity index (χ0) is 93.6. The van der Waals surface area contributed by atoms with Gasteiger partial charge >= 0.3 is 0 Å². The highest BCUT2D eigenvalue weighted by Gasteiger charge is 2.26. The molecule has 3 aromatic heterocycles. The number of furan rings is 3. The molecule has 0 fully saturated rings. The van der Waals surface area contributed by atoms with Crippen LogP contribution in [-0.4, -0.2) is 0 Å². The average Bonchev–Trinajstić information content (AvgIpc) is 1.23. The summed E-state index contributed by atoms with van der Waals surface area (Å²) >= 11 is 0. The first-order valence-electron chi connectivity index (χ1n) is 49.4. The monoisotopic (exact) mass is 1810 g/mol. The van der Waals surface area contributed by atoms with E-state index in [1.807, 2.05) is 0 Å². The molecule has 660 valence electrons. The number of fused-ring (bicyclic) bond motifs is 30. The highest BCUT2D eigenvalue weighted by Crippen LogP contribution is 2.53. The summed E-state index contributed by atoms with van der Waals surface area (Å²) in [6.07, 6.45) is 0. The summed E-state index contributed by atoms with van der Waals surface area (Å²) in [5, 5.41) is 49.6. The van der Waals surface area contributed by atoms with E-state index in [9.17, 15) is 0 Å². The minimum Gasteiger partial charge on any atom is -0.456 e. The van der Waals surface area contributed by atoms with Crippen molar-refractivity contribution in [2.45, 2.75) is 0 Å². The van der Waals surface area contributed by atoms with Crippen LogP contribution in [-0.2, 0) is 0 Å². The lowest BCUT2D eigenvalue weighted by Gasteiger charge is -2.20. The molecule has 143 heavy (non-hydrogen) atoms. The van der Waals surface area contributed by atoms with E-state index in [-0.39, 0.29) is 0 Å². The van der Waals surface area contributed by atoms with Crippen molar-refractivity contribution < 1.29 is 13.3 Å². The standard InChI is InChI=1S/2C48H28O.C44H26O/c1-2-11-30-25-42-33(24-29(30)10-1)20-22-36-35(42)18-9-19-37(36)48-40-16-7-5-14-38(40)47(39-15-6-8-17-41(39)48)34-21-23-45-43(27-34)44-26-31-12-3-4-13-32(31)28-46(44)49-45;1-2-13-31-28-45-42(25-30(31)12-1)41-26-33(23-24-44(41)49-45)47-37-17-7-9-19-39(37)48(40-20-10-8-18-38(40)47)43-27-32-22-21-29-11-3-4-14-34(29)46(32)36-16-6-5-15-35(36)43;1-2-11-30-26-42-40(23-29(30)10-1)39-25-32(21-22-41(39)45-42)44-36-15-7-5-13-34(36)43(35-14-6-8-16-37(35)44)31-20-19-28-18-17-27-9-3-4-12-33(27)38(28)24-31/h2*1-28H;1-26H. The lowest BCUT2D eigenvalue weighted by atomic mass is 9.83. The minimum absolute atomic E-state index is 0.912. The molecule has 0 amide bonds. The van der Waals surface area contributed by atoms with E-state index in [4.69, 9.17) is 13.3 Å². The summed E-state index contributed by atoms with van der Waals surface area (Å²) in [7, 11) is 0. The van der Waals surface area contributed by atoms with Crippen LogP contribution in [0.1, 0.15) is 0 Å². The van der Waals surface area contributed by atoms with Crippen LogP contribution in [0.4, 0.5) is 0 Å². The summed E-state index contributed by atoms with van der Waals surface area (Å²) in [6.45, 7) is 0. The average molecular weight is 1810 g/mol. The van der Waals surface area contributed by atoms with Gasteiger partial charge in [-0.05, 0) is 347 Å². The molecule has 0 aliphatic heterocycles. The van der Waals surface area contributed by atoms with Crippen LogP contribution in [0, 0.1) is 0 Å². The van der Waals surface area contributed by atoms with E-state index in [0.29, 0.717) is 0 Å². The van der Waals surface area contributed by atoms with Crippen LogP contribution in [0.25, 0.3) is 316 Å². The first-order valence-corrected chi connectivity index (χ1v) is 49.4. The summed E-state index contributed by atoms with van der Waals surface area (Å²) in [4.78, 5) is 0. The van der Waals surface area contributed by atoms with Gasteiger partial charge in [-0.25, -0.2) is 0 Å². The Labute approximate surface area is 820 Å². The molecule has 3 heteroatoms. The van der Waals surface area contributed by atoms with Crippen LogP contribution in [0.2, 0.25) is 0 Å². The van der Waals surface area contributed by atoms with Gasteiger partial charge < -0.3 is 13.3 Å². The van der Waals surface area contributed by atoms with Crippen LogP contribution in [0.5, 0.6) is 0 Å². The predicted octanol–water partition coefficient (Wildman–Crippen LogP) is 40.4. The zero-order valence-corrected chi connectivity index (χ0v) is 77.6. The van der Waals surface area contributed by atoms with Gasteiger partial charge in [0.25, 0.3) is 0 Å². The molecule has 32 rings (SSSR count). The van der Waals surface area contributed by atoms with Gasteiger partial charge in [-0.1, -0.05) is 400 Å². The van der Waals surface area contributed by atoms with Crippen molar-refractivity contribution in [2.75, 3.05) is 0 Å². The molecule has 0 saturated carbocycles. The maximum absolute atomic E-state index is 6.41. The van der Waals surface area contributed by atoms with Gasteiger partial charge in [-0.3, -0.25) is 0 Å². The van der Waals surface area contributed by atoms with Crippen LogP contribution < -0.4 is 0 Å². The Morgan fingerprint density at radius 1 is 0.0979 bits per heavy atom. The Hall–Kier alpha value is -18.8. The van der Waals surface area contributed by atoms with Crippen molar-refractivity contribution in [3.8, 4) is 66.8 Å². The van der Waals surface area contributed by atoms with Crippen molar-refractivity contribution in [2.24, 2.45) is 0 Å². The SMILES string of the molecule is c1ccc2cc3c(cc2c1)oc1ccc(-c2c4ccccc4c(-c4cc5ccc6ccccc6c5c5ccccc45)c4ccccc24)cc13.c1ccc2cc3c(cc2c1)oc1ccc(-c2c4ccccc4c(-c4ccc5ccc6ccccc6c5c4)c4ccccc24)cc13.c1ccc2cc3c(ccc4c(-c5c6ccccc6c(-c6ccc7oc8cc9ccccc9cc8c7c6)c6ccccc56)cccc43)cc2c1. The summed E-state index contributed by atoms with van der Waals surface area (Å²) in [5.74, 6) is 0. The third-order valence-electron chi connectivity index (χ3n) is 30.7. The predicted molar refractivity (Wildman–Crippen MR) is 611 cm³/mol. The molecule has 0 atom stereocenters. The number of rotatable bonds is 6. The molecule has 0 radical (unpaired) electrons. The highest BCUT2D eigenvalue weighted by atomic mass is 16.3. The van der Waals surface area contributed by atoms with Crippen molar-refractivity contribution in [1.29, 1.82) is 0 Å². The Morgan fingerprint density at radius 3 is 0.741 bits per heavy atom. The zero-order valence-electron chi connectivity index (χ0n) is 77.6. The van der Waals surface area contributed by atoms with Crippen LogP contribution in [0.15, 0.2) is 511 Å². The second kappa shape index (κ2) is 31.9. The van der Waals surface area contributed by atoms with Gasteiger partial charge in [0.15, 0.2) is 0 Å². The minimum atomic E-state index is 0.912. The molecular formula is C140H82O3. The Kier molecular flexibility index (Phi) is 17.9. The topological polar surface area (TPSA) is 39.4 Å². The van der Waals surface area contributed by atoms with E-state index < -0.39 is 0 Å². The largest absolute Gasteiger partial charge is 0.456 e. The van der Waals surface area contributed by atoms with Crippen LogP contribution in [0.3, 0.4) is 0 Å². The van der Waals surface area contributed by atoms with Crippen molar-refractivity contribution in [1.82, 2.24) is 0 Å². The third-order valence-corrected chi connectivity index (χ3v) is 30.7. The second-order valence-corrected chi connectivity index (χ2v) is 38.5. The van der Waals surface area contributed by atoms with Gasteiger partial charge in [-0.2, -0.15) is 0 Å². The molecule has 0 saturated heterocycles. The first-order chi connectivity index (χ1) is 70.9. The fraction of sp³-hybridized carbons (Fsp3) is 0. The maximum Gasteiger partial charge on any atom is 0.136 e. The lowest BCUT2D eigenvalue weighted by molar-refractivity contribution is 0.669. The molecule has 0 unspecified atom stereocenters. The van der Waals surface area contributed by atoms with E-state index >= 15 is 0 Å². The fourth-order valence-corrected chi connectivity index (χ4v) is 24.3. The molecule has 0 bridgehead atoms. The summed E-state index contributed by atoms with van der Waals surface area (Å²) in [5.41, 5.74) is 20.5. The van der Waals surface area contributed by atoms with E-state index in [1.165, 1.54) is 250 Å². The lowest BCUT2D eigenvalue weighted by Crippen LogP contribution is -1.92. The van der Waals surface area contributed by atoms with Gasteiger partial charge in [0.05, 0.1) is 0 Å². The highest BCUT2D eigenvalue weighted by molar-refractivity contribution is 6.32. The van der Waals surface area contributed by atoms with E-state index in [2.05, 4.69) is 497 Å². The summed E-state index contributed by atoms with van der Waals surface area (Å²) < 4.78 is 19.2. The maximum atomic E-state index is 6.41. The molecule has 3 nitrogen and oxygen atoms in total. The fourth-order valence-electron chi connectivity index (χ4n) is 24.3. The molecule has 0 spiro atoms. The van der Waals surface area contributed by atoms with Crippen LogP contribution >= 0.6 is 0 Å². The van der Waals surface area contributed by atoms with Gasteiger partial charge in [0.1, 0.15) is 33.5 Å². The van der Waals surface area contributed by atoms with Gasteiger partial charge in [-0.15, -0.1) is 0 Å². The molecule has 0 N–H and O–H groups in total. The van der Waals surface area contributed by atoms with Crippen molar-refractivity contribution >= 4 is 249 Å². The Morgan fingerprint density at radius 2 is 0.343 bits per heavy atom. The Bertz CT molecular complexity index is 10900. The molecule has 3 heterocycles. The molecule has 0 aliphatic rings. The number of hydrogen-bond acceptors (Lipinski definition) is 3. The molecule has 29 aromatic carbocycles. The quantitative estimate of drug-likeness (QED) is 0.123. The molecule has 0 aliphatic carbocycles. The normalized spacial score (nSPS) is 12.1. The van der Waals surface area contributed by atoms with E-state index in [1.54, 1.807) is 0 Å². The first kappa shape index (κ1) is 80.3. The smallest absolute Gasteiger partial charge is 0.136 e. The second-order valence-electron chi connectivity index (χ2n) is 38.5. The Balaban J connectivity index is 0.000000100. The van der Waals surface area contributed by atoms with Gasteiger partial charge in [0.2, 0.25) is 0 Å².